The lowest BCUT2D eigenvalue weighted by molar-refractivity contribution is -0.178. The first-order valence-corrected chi connectivity index (χ1v) is 14.5. The summed E-state index contributed by atoms with van der Waals surface area (Å²) >= 11 is 0. The number of benzene rings is 1. The van der Waals surface area contributed by atoms with Gasteiger partial charge in [0.1, 0.15) is 28.9 Å². The van der Waals surface area contributed by atoms with Crippen molar-refractivity contribution in [2.24, 2.45) is 17.6 Å². The third kappa shape index (κ3) is 3.92. The number of aliphatic hydroxyl groups excluding tert-OH is 2. The Kier molecular flexibility index (Phi) is 7.13. The summed E-state index contributed by atoms with van der Waals surface area (Å²) in [6, 6.07) is 3.86. The fourth-order valence-corrected chi connectivity index (χ4v) is 9.14. The number of nitrogens with two attached hydrogens (primary N) is 1. The average molecular weight is 569 g/mol. The SMILES string of the molecule is CN(C)[C@@H]1C(=O)C(C(N)=O)=C(O)[C@@]2(O)C(=O)C3=C(O)c4c(O)cccc4[C@H](C[Si]C4CCCC4)[C@H]3[C@H](OC=O)[C@@H]12. The number of hydrogen-bond donors (Lipinski definition) is 5. The van der Waals surface area contributed by atoms with Gasteiger partial charge in [0.2, 0.25) is 5.78 Å². The quantitative estimate of drug-likeness (QED) is 0.181. The number of likely N-dealkylation sites (N-methyl/N-ethyl adjacent to an activating group) is 1. The van der Waals surface area contributed by atoms with E-state index in [1.165, 1.54) is 25.1 Å². The highest BCUT2D eigenvalue weighted by Gasteiger charge is 2.69. The van der Waals surface area contributed by atoms with Crippen LogP contribution in [-0.2, 0) is 23.9 Å². The van der Waals surface area contributed by atoms with Crippen molar-refractivity contribution in [3.05, 3.63) is 46.2 Å². The maximum atomic E-state index is 14.3. The average Bonchev–Trinajstić information content (AvgIpc) is 3.41. The summed E-state index contributed by atoms with van der Waals surface area (Å²) in [4.78, 5) is 53.3. The summed E-state index contributed by atoms with van der Waals surface area (Å²) in [5.41, 5.74) is 2.23. The van der Waals surface area contributed by atoms with Crippen LogP contribution in [0.5, 0.6) is 5.75 Å². The second-order valence-electron chi connectivity index (χ2n) is 11.2. The molecule has 0 bridgehead atoms. The molecule has 4 aliphatic rings. The van der Waals surface area contributed by atoms with Gasteiger partial charge in [-0.1, -0.05) is 43.9 Å². The van der Waals surface area contributed by atoms with Gasteiger partial charge < -0.3 is 30.9 Å². The fourth-order valence-electron chi connectivity index (χ4n) is 7.26. The van der Waals surface area contributed by atoms with Crippen molar-refractivity contribution in [2.45, 2.75) is 60.9 Å². The van der Waals surface area contributed by atoms with E-state index in [2.05, 4.69) is 0 Å². The molecule has 0 unspecified atom stereocenters. The normalized spacial score (nSPS) is 32.1. The van der Waals surface area contributed by atoms with Crippen molar-refractivity contribution in [3.63, 3.8) is 0 Å². The molecule has 0 heterocycles. The van der Waals surface area contributed by atoms with E-state index in [1.807, 2.05) is 0 Å². The van der Waals surface area contributed by atoms with Crippen LogP contribution in [0.25, 0.3) is 5.76 Å². The second-order valence-corrected chi connectivity index (χ2v) is 12.8. The first-order valence-electron chi connectivity index (χ1n) is 13.3. The summed E-state index contributed by atoms with van der Waals surface area (Å²) in [5, 5.41) is 45.4. The largest absolute Gasteiger partial charge is 0.508 e. The molecule has 0 aromatic heterocycles. The molecule has 212 valence electrons. The van der Waals surface area contributed by atoms with Crippen molar-refractivity contribution in [3.8, 4) is 5.75 Å². The maximum absolute atomic E-state index is 14.3. The van der Waals surface area contributed by atoms with Gasteiger partial charge in [0.25, 0.3) is 12.4 Å². The third-order valence-corrected chi connectivity index (χ3v) is 10.8. The number of amides is 1. The number of phenols is 1. The van der Waals surface area contributed by atoms with Crippen LogP contribution >= 0.6 is 0 Å². The van der Waals surface area contributed by atoms with Gasteiger partial charge in [-0.05, 0) is 37.2 Å². The number of Topliss-reactive ketones (excluding diaryl/α,β-unsaturated/α-hetero) is 2. The highest BCUT2D eigenvalue weighted by Crippen LogP contribution is 2.58. The minimum atomic E-state index is -2.93. The van der Waals surface area contributed by atoms with Gasteiger partial charge in [0.05, 0.1) is 17.5 Å². The molecule has 6 N–H and O–H groups in total. The molecule has 12 heteroatoms. The van der Waals surface area contributed by atoms with Crippen LogP contribution in [0.3, 0.4) is 0 Å². The van der Waals surface area contributed by atoms with Gasteiger partial charge >= 0.3 is 0 Å². The molecular weight excluding hydrogens is 536 g/mol. The zero-order valence-corrected chi connectivity index (χ0v) is 23.2. The smallest absolute Gasteiger partial charge is 0.293 e. The van der Waals surface area contributed by atoms with E-state index in [0.29, 0.717) is 26.7 Å². The zero-order valence-electron chi connectivity index (χ0n) is 22.2. The highest BCUT2D eigenvalue weighted by molar-refractivity contribution is 6.38. The van der Waals surface area contributed by atoms with Gasteiger partial charge in [-0.25, -0.2) is 0 Å². The van der Waals surface area contributed by atoms with Crippen LogP contribution in [0.15, 0.2) is 35.1 Å². The number of primary amides is 1. The molecule has 1 amide bonds. The minimum Gasteiger partial charge on any atom is -0.508 e. The highest BCUT2D eigenvalue weighted by atomic mass is 28.2. The Morgan fingerprint density at radius 1 is 1.20 bits per heavy atom. The van der Waals surface area contributed by atoms with Gasteiger partial charge in [0, 0.05) is 21.0 Å². The third-order valence-electron chi connectivity index (χ3n) is 8.96. The van der Waals surface area contributed by atoms with Crippen molar-refractivity contribution in [2.75, 3.05) is 14.1 Å². The molecule has 0 aliphatic heterocycles. The van der Waals surface area contributed by atoms with E-state index in [-0.39, 0.29) is 23.4 Å². The van der Waals surface area contributed by atoms with Crippen LogP contribution in [0.2, 0.25) is 11.6 Å². The van der Waals surface area contributed by atoms with Crippen LogP contribution < -0.4 is 5.73 Å². The zero-order chi connectivity index (χ0) is 29.1. The van der Waals surface area contributed by atoms with E-state index < -0.39 is 70.1 Å². The van der Waals surface area contributed by atoms with Crippen LogP contribution in [-0.4, -0.2) is 90.6 Å². The Morgan fingerprint density at radius 2 is 1.88 bits per heavy atom. The molecule has 4 aliphatic carbocycles. The molecule has 6 atom stereocenters. The molecule has 5 rings (SSSR count). The number of fused-ring (bicyclic) bond motifs is 3. The number of ether oxygens (including phenoxy) is 1. The predicted octanol–water partition coefficient (Wildman–Crippen LogP) is 1.14. The summed E-state index contributed by atoms with van der Waals surface area (Å²) in [7, 11) is 3.45. The first-order chi connectivity index (χ1) is 19.0. The number of aliphatic hydroxyl groups is 3. The number of aromatic hydroxyl groups is 1. The molecule has 1 aromatic rings. The van der Waals surface area contributed by atoms with E-state index in [1.54, 1.807) is 12.1 Å². The molecule has 40 heavy (non-hydrogen) atoms. The first kappa shape index (κ1) is 28.1. The number of ketones is 2. The number of rotatable bonds is 7. The number of hydrogen-bond acceptors (Lipinski definition) is 10. The Balaban J connectivity index is 1.78. The van der Waals surface area contributed by atoms with Gasteiger partial charge in [0.15, 0.2) is 11.4 Å². The molecule has 0 spiro atoms. The Morgan fingerprint density at radius 3 is 2.48 bits per heavy atom. The van der Waals surface area contributed by atoms with Crippen LogP contribution in [0.1, 0.15) is 42.7 Å². The number of phenolic OH excluding ortho intramolecular Hbond substituents is 1. The Labute approximate surface area is 233 Å². The minimum absolute atomic E-state index is 0.0184. The lowest BCUT2D eigenvalue weighted by Gasteiger charge is -2.54. The lowest BCUT2D eigenvalue weighted by atomic mass is 9.54. The topological polar surface area (TPSA) is 188 Å². The number of nitrogens with zero attached hydrogens (tertiary/aromatic N) is 1. The summed E-state index contributed by atoms with van der Waals surface area (Å²) in [5.74, 6) is -8.65. The van der Waals surface area contributed by atoms with Gasteiger partial charge in [-0.15, -0.1) is 0 Å². The van der Waals surface area contributed by atoms with Crippen molar-refractivity contribution in [1.82, 2.24) is 4.90 Å². The predicted molar refractivity (Wildman–Crippen MR) is 142 cm³/mol. The summed E-state index contributed by atoms with van der Waals surface area (Å²) in [6.07, 6.45) is 3.01. The number of carbonyl (C=O) groups excluding carboxylic acids is 4. The Bertz CT molecular complexity index is 1350. The van der Waals surface area contributed by atoms with Gasteiger partial charge in [-0.3, -0.25) is 24.1 Å². The van der Waals surface area contributed by atoms with Crippen molar-refractivity contribution in [1.29, 1.82) is 0 Å². The van der Waals surface area contributed by atoms with E-state index in [0.717, 1.165) is 25.7 Å². The molecule has 2 fully saturated rings. The lowest BCUT2D eigenvalue weighted by Crippen LogP contribution is -2.71. The summed E-state index contributed by atoms with van der Waals surface area (Å²) in [6.45, 7) is 0.144. The van der Waals surface area contributed by atoms with E-state index in [9.17, 15) is 39.6 Å². The van der Waals surface area contributed by atoms with Crippen molar-refractivity contribution < 1.29 is 44.3 Å². The molecule has 1 aromatic carbocycles. The Hall–Kier alpha value is -3.48. The summed E-state index contributed by atoms with van der Waals surface area (Å²) < 4.78 is 5.58. The molecular formula is C28H32N2O9Si. The fraction of sp³-hybridized carbons (Fsp3) is 0.500. The standard InChI is InChI=1S/C28H32N2O9Si/c1-30(2)21-20-24(39-11-31)17-14(10-40-12-6-3-4-7-12)13-8-5-9-15(32)16(13)22(33)18(17)25(35)28(20,38)26(36)19(23(21)34)27(29)37/h5,8-9,11-12,14,17,20-21,24,32-33,36,38H,3-4,6-7,10H2,1-2H3,(H2,29,37)/t14-,17+,20+,21-,24-,28-/m0/s1. The van der Waals surface area contributed by atoms with E-state index >= 15 is 0 Å². The molecule has 11 nitrogen and oxygen atoms in total. The van der Waals surface area contributed by atoms with Gasteiger partial charge in [-0.2, -0.15) is 0 Å². The van der Waals surface area contributed by atoms with Crippen LogP contribution in [0.4, 0.5) is 0 Å². The maximum Gasteiger partial charge on any atom is 0.293 e. The number of carbonyl (C=O) groups is 4. The van der Waals surface area contributed by atoms with Crippen LogP contribution in [0, 0.1) is 11.8 Å². The second kappa shape index (κ2) is 10.2. The molecule has 2 saturated carbocycles. The molecule has 0 saturated heterocycles. The molecule has 2 radical (unpaired) electrons. The van der Waals surface area contributed by atoms with Crippen molar-refractivity contribution >= 4 is 39.2 Å². The van der Waals surface area contributed by atoms with E-state index in [4.69, 9.17) is 10.5 Å². The monoisotopic (exact) mass is 568 g/mol.